The fourth-order valence-corrected chi connectivity index (χ4v) is 4.94. The van der Waals surface area contributed by atoms with E-state index in [9.17, 15) is 0 Å². The van der Waals surface area contributed by atoms with E-state index in [4.69, 9.17) is 10.6 Å². The number of nitrogens with two attached hydrogens (primary N) is 1. The average molecular weight is 296 g/mol. The Balaban J connectivity index is 2.15. The van der Waals surface area contributed by atoms with Crippen LogP contribution >= 0.6 is 0 Å². The lowest BCUT2D eigenvalue weighted by atomic mass is 9.65. The van der Waals surface area contributed by atoms with Gasteiger partial charge in [0.1, 0.15) is 0 Å². The Morgan fingerprint density at radius 1 is 1.19 bits per heavy atom. The third-order valence-corrected chi connectivity index (χ3v) is 6.28. The van der Waals surface area contributed by atoms with Crippen molar-refractivity contribution in [1.29, 1.82) is 0 Å². The maximum absolute atomic E-state index is 6.37. The van der Waals surface area contributed by atoms with Gasteiger partial charge >= 0.3 is 0 Å². The minimum Gasteiger partial charge on any atom is -0.374 e. The molecule has 0 aromatic heterocycles. The quantitative estimate of drug-likeness (QED) is 0.598. The molecule has 2 saturated carbocycles. The zero-order valence-corrected chi connectivity index (χ0v) is 14.5. The normalized spacial score (nSPS) is 42.7. The van der Waals surface area contributed by atoms with Crippen molar-refractivity contribution in [2.45, 2.75) is 84.3 Å². The number of ether oxygens (including phenoxy) is 1. The topological polar surface area (TPSA) is 47.3 Å². The maximum Gasteiger partial charge on any atom is 0.0853 e. The fraction of sp³-hybridized carbons (Fsp3) is 1.00. The van der Waals surface area contributed by atoms with E-state index in [2.05, 4.69) is 33.1 Å². The van der Waals surface area contributed by atoms with E-state index in [1.165, 1.54) is 38.5 Å². The summed E-state index contributed by atoms with van der Waals surface area (Å²) in [6.07, 6.45) is 8.86. The summed E-state index contributed by atoms with van der Waals surface area (Å²) in [5, 5.41) is 0. The van der Waals surface area contributed by atoms with Gasteiger partial charge < -0.3 is 4.74 Å². The Morgan fingerprint density at radius 3 is 2.52 bits per heavy atom. The molecule has 3 heteroatoms. The van der Waals surface area contributed by atoms with E-state index < -0.39 is 0 Å². The van der Waals surface area contributed by atoms with E-state index in [0.29, 0.717) is 12.0 Å². The highest BCUT2D eigenvalue weighted by Gasteiger charge is 2.46. The molecule has 21 heavy (non-hydrogen) atoms. The highest BCUT2D eigenvalue weighted by molar-refractivity contribution is 5.00. The third-order valence-electron chi connectivity index (χ3n) is 6.28. The molecule has 0 radical (unpaired) electrons. The van der Waals surface area contributed by atoms with Crippen LogP contribution in [-0.4, -0.2) is 18.2 Å². The fourth-order valence-electron chi connectivity index (χ4n) is 4.94. The maximum atomic E-state index is 6.37. The second-order valence-electron chi connectivity index (χ2n) is 7.87. The molecule has 0 aromatic rings. The largest absolute Gasteiger partial charge is 0.374 e. The van der Waals surface area contributed by atoms with Crippen molar-refractivity contribution in [2.24, 2.45) is 29.5 Å². The second kappa shape index (κ2) is 7.43. The molecule has 0 aromatic carbocycles. The molecule has 2 aliphatic carbocycles. The summed E-state index contributed by atoms with van der Waals surface area (Å²) in [6, 6.07) is 0.315. The standard InChI is InChI=1S/C18H36N2O/c1-5-21-18(10-6-7-13(2)12-18)17(20-19)16-9-8-14(3)15(4)11-16/h13-17,20H,5-12,19H2,1-4H3. The molecule has 3 nitrogen and oxygen atoms in total. The molecule has 0 bridgehead atoms. The monoisotopic (exact) mass is 296 g/mol. The number of hydrogen-bond donors (Lipinski definition) is 2. The minimum atomic E-state index is -0.0356. The summed E-state index contributed by atoms with van der Waals surface area (Å²) in [4.78, 5) is 0. The number of nitrogens with one attached hydrogen (secondary N) is 1. The van der Waals surface area contributed by atoms with E-state index in [1.807, 2.05) is 0 Å². The van der Waals surface area contributed by atoms with Gasteiger partial charge in [-0.05, 0) is 56.3 Å². The van der Waals surface area contributed by atoms with E-state index in [-0.39, 0.29) is 5.60 Å². The van der Waals surface area contributed by atoms with Gasteiger partial charge in [-0.3, -0.25) is 11.3 Å². The summed E-state index contributed by atoms with van der Waals surface area (Å²) in [5.41, 5.74) is 3.16. The molecule has 2 aliphatic rings. The Bertz CT molecular complexity index is 318. The van der Waals surface area contributed by atoms with Crippen molar-refractivity contribution in [3.63, 3.8) is 0 Å². The molecule has 6 unspecified atom stereocenters. The lowest BCUT2D eigenvalue weighted by Crippen LogP contribution is -2.60. The Hall–Kier alpha value is -0.120. The number of rotatable bonds is 5. The molecule has 3 N–H and O–H groups in total. The summed E-state index contributed by atoms with van der Waals surface area (Å²) < 4.78 is 6.37. The van der Waals surface area contributed by atoms with Crippen LogP contribution in [0.4, 0.5) is 0 Å². The van der Waals surface area contributed by atoms with Crippen LogP contribution < -0.4 is 11.3 Å². The summed E-state index contributed by atoms with van der Waals surface area (Å²) in [6.45, 7) is 10.1. The van der Waals surface area contributed by atoms with Crippen LogP contribution in [0.2, 0.25) is 0 Å². The SMILES string of the molecule is CCOC1(C(NN)C2CCC(C)C(C)C2)CCCC(C)C1. The van der Waals surface area contributed by atoms with E-state index in [1.54, 1.807) is 0 Å². The average Bonchev–Trinajstić information content (AvgIpc) is 2.44. The van der Waals surface area contributed by atoms with Gasteiger partial charge in [-0.15, -0.1) is 0 Å². The zero-order valence-electron chi connectivity index (χ0n) is 14.5. The smallest absolute Gasteiger partial charge is 0.0853 e. The lowest BCUT2D eigenvalue weighted by molar-refractivity contribution is -0.118. The highest BCUT2D eigenvalue weighted by Crippen LogP contribution is 2.44. The molecule has 124 valence electrons. The van der Waals surface area contributed by atoms with Crippen LogP contribution in [0.25, 0.3) is 0 Å². The Kier molecular flexibility index (Phi) is 6.10. The van der Waals surface area contributed by atoms with E-state index >= 15 is 0 Å². The van der Waals surface area contributed by atoms with Gasteiger partial charge in [-0.1, -0.05) is 40.0 Å². The minimum absolute atomic E-state index is 0.0356. The molecule has 0 heterocycles. The molecule has 0 aliphatic heterocycles. The summed E-state index contributed by atoms with van der Waals surface area (Å²) in [7, 11) is 0. The first-order valence-electron chi connectivity index (χ1n) is 9.12. The first kappa shape index (κ1) is 17.2. The molecule has 0 amide bonds. The molecule has 2 rings (SSSR count). The van der Waals surface area contributed by atoms with Crippen LogP contribution in [0.1, 0.15) is 72.6 Å². The van der Waals surface area contributed by atoms with Crippen molar-refractivity contribution >= 4 is 0 Å². The van der Waals surface area contributed by atoms with Crippen LogP contribution in [0, 0.1) is 23.7 Å². The van der Waals surface area contributed by atoms with Crippen LogP contribution in [0.15, 0.2) is 0 Å². The Labute approximate surface area is 131 Å². The van der Waals surface area contributed by atoms with Crippen molar-refractivity contribution < 1.29 is 4.74 Å². The van der Waals surface area contributed by atoms with Crippen LogP contribution in [-0.2, 0) is 4.74 Å². The van der Waals surface area contributed by atoms with Gasteiger partial charge in [0.05, 0.1) is 11.6 Å². The highest BCUT2D eigenvalue weighted by atomic mass is 16.5. The van der Waals surface area contributed by atoms with Gasteiger partial charge in [0.2, 0.25) is 0 Å². The zero-order chi connectivity index (χ0) is 15.5. The lowest BCUT2D eigenvalue weighted by Gasteiger charge is -2.49. The molecule has 0 saturated heterocycles. The van der Waals surface area contributed by atoms with Gasteiger partial charge in [-0.2, -0.15) is 0 Å². The molecular formula is C18H36N2O. The first-order valence-corrected chi connectivity index (χ1v) is 9.12. The number of hydrazine groups is 1. The molecule has 2 fully saturated rings. The van der Waals surface area contributed by atoms with Crippen LogP contribution in [0.5, 0.6) is 0 Å². The molecule has 6 atom stereocenters. The second-order valence-corrected chi connectivity index (χ2v) is 7.87. The van der Waals surface area contributed by atoms with Gasteiger partial charge in [0, 0.05) is 6.61 Å². The molecular weight excluding hydrogens is 260 g/mol. The van der Waals surface area contributed by atoms with Gasteiger partial charge in [0.15, 0.2) is 0 Å². The first-order chi connectivity index (χ1) is 10.0. The van der Waals surface area contributed by atoms with Crippen molar-refractivity contribution in [3.05, 3.63) is 0 Å². The predicted octanol–water partition coefficient (Wildman–Crippen LogP) is 3.88. The number of hydrogen-bond acceptors (Lipinski definition) is 3. The summed E-state index contributed by atoms with van der Waals surface area (Å²) in [5.74, 6) is 9.12. The third kappa shape index (κ3) is 3.80. The van der Waals surface area contributed by atoms with Crippen molar-refractivity contribution in [3.8, 4) is 0 Å². The van der Waals surface area contributed by atoms with Crippen molar-refractivity contribution in [1.82, 2.24) is 5.43 Å². The molecule has 0 spiro atoms. The van der Waals surface area contributed by atoms with Gasteiger partial charge in [0.25, 0.3) is 0 Å². The van der Waals surface area contributed by atoms with Gasteiger partial charge in [-0.25, -0.2) is 0 Å². The van der Waals surface area contributed by atoms with E-state index in [0.717, 1.165) is 30.8 Å². The van der Waals surface area contributed by atoms with Crippen LogP contribution in [0.3, 0.4) is 0 Å². The Morgan fingerprint density at radius 2 is 1.95 bits per heavy atom. The van der Waals surface area contributed by atoms with Crippen molar-refractivity contribution in [2.75, 3.05) is 6.61 Å². The summed E-state index contributed by atoms with van der Waals surface area (Å²) >= 11 is 0. The predicted molar refractivity (Wildman–Crippen MR) is 88.8 cm³/mol.